The summed E-state index contributed by atoms with van der Waals surface area (Å²) in [7, 11) is 0. The molecular formula is C24H36O2. The molecule has 3 rings (SSSR count). The van der Waals surface area contributed by atoms with Crippen molar-refractivity contribution in [1.82, 2.24) is 0 Å². The van der Waals surface area contributed by atoms with E-state index >= 15 is 0 Å². The van der Waals surface area contributed by atoms with Crippen molar-refractivity contribution in [2.75, 3.05) is 0 Å². The molecule has 2 heteroatoms. The van der Waals surface area contributed by atoms with E-state index in [1.54, 1.807) is 5.57 Å². The fraction of sp³-hybridized carbons (Fsp3) is 0.667. The van der Waals surface area contributed by atoms with Gasteiger partial charge in [0.15, 0.2) is 0 Å². The maximum atomic E-state index is 10.1. The minimum absolute atomic E-state index is 0.410. The van der Waals surface area contributed by atoms with Crippen LogP contribution in [-0.2, 0) is 0 Å². The van der Waals surface area contributed by atoms with Crippen molar-refractivity contribution in [3.05, 3.63) is 48.1 Å². The average molecular weight is 357 g/mol. The van der Waals surface area contributed by atoms with Crippen molar-refractivity contribution in [2.45, 2.75) is 77.4 Å². The molecule has 0 amide bonds. The lowest BCUT2D eigenvalue weighted by molar-refractivity contribution is 0.0862. The van der Waals surface area contributed by atoms with Gasteiger partial charge in [0.05, 0.1) is 12.2 Å². The van der Waals surface area contributed by atoms with Gasteiger partial charge in [0.25, 0.3) is 0 Å². The molecule has 0 aliphatic heterocycles. The number of hydrogen-bond donors (Lipinski definition) is 2. The Balaban J connectivity index is 1.81. The van der Waals surface area contributed by atoms with Gasteiger partial charge in [-0.25, -0.2) is 0 Å². The molecule has 0 radical (unpaired) electrons. The normalized spacial score (nSPS) is 42.1. The summed E-state index contributed by atoms with van der Waals surface area (Å²) in [5, 5.41) is 20.0. The van der Waals surface area contributed by atoms with Crippen LogP contribution in [0.4, 0.5) is 0 Å². The van der Waals surface area contributed by atoms with Gasteiger partial charge >= 0.3 is 0 Å². The van der Waals surface area contributed by atoms with Crippen LogP contribution < -0.4 is 0 Å². The molecule has 3 saturated carbocycles. The minimum atomic E-state index is -0.601. The number of allylic oxidation sites excluding steroid dienone is 4. The van der Waals surface area contributed by atoms with E-state index in [0.717, 1.165) is 23.5 Å². The Morgan fingerprint density at radius 2 is 2.04 bits per heavy atom. The molecule has 0 bridgehead atoms. The van der Waals surface area contributed by atoms with E-state index in [-0.39, 0.29) is 0 Å². The van der Waals surface area contributed by atoms with E-state index < -0.39 is 12.2 Å². The van der Waals surface area contributed by atoms with E-state index in [9.17, 15) is 10.2 Å². The second kappa shape index (κ2) is 7.86. The monoisotopic (exact) mass is 356 g/mol. The smallest absolute Gasteiger partial charge is 0.0811 e. The third kappa shape index (κ3) is 3.64. The van der Waals surface area contributed by atoms with Crippen LogP contribution in [0.25, 0.3) is 0 Å². The van der Waals surface area contributed by atoms with Crippen LogP contribution in [0.2, 0.25) is 0 Å². The van der Waals surface area contributed by atoms with Gasteiger partial charge in [-0.2, -0.15) is 0 Å². The lowest BCUT2D eigenvalue weighted by Crippen LogP contribution is -2.35. The van der Waals surface area contributed by atoms with Crippen LogP contribution in [-0.4, -0.2) is 22.4 Å². The summed E-state index contributed by atoms with van der Waals surface area (Å²) in [6.45, 7) is 12.9. The first-order valence-corrected chi connectivity index (χ1v) is 10.4. The van der Waals surface area contributed by atoms with E-state index in [1.165, 1.54) is 32.1 Å². The predicted molar refractivity (Wildman–Crippen MR) is 109 cm³/mol. The fourth-order valence-corrected chi connectivity index (χ4v) is 6.11. The van der Waals surface area contributed by atoms with Crippen molar-refractivity contribution in [1.29, 1.82) is 0 Å². The lowest BCUT2D eigenvalue weighted by atomic mass is 9.61. The molecule has 144 valence electrons. The Bertz CT molecular complexity index is 614. The highest BCUT2D eigenvalue weighted by molar-refractivity contribution is 5.38. The summed E-state index contributed by atoms with van der Waals surface area (Å²) in [4.78, 5) is 0. The van der Waals surface area contributed by atoms with Crippen LogP contribution in [0, 0.1) is 23.2 Å². The maximum absolute atomic E-state index is 10.1. The van der Waals surface area contributed by atoms with Gasteiger partial charge in [-0.05, 0) is 79.3 Å². The summed E-state index contributed by atoms with van der Waals surface area (Å²) < 4.78 is 0. The Kier molecular flexibility index (Phi) is 5.94. The lowest BCUT2D eigenvalue weighted by Gasteiger charge is -2.44. The second-order valence-corrected chi connectivity index (χ2v) is 9.17. The van der Waals surface area contributed by atoms with Gasteiger partial charge < -0.3 is 10.2 Å². The summed E-state index contributed by atoms with van der Waals surface area (Å²) in [5.74, 6) is 2.18. The molecule has 0 aromatic heterocycles. The molecule has 0 saturated heterocycles. The zero-order chi connectivity index (χ0) is 18.9. The summed E-state index contributed by atoms with van der Waals surface area (Å²) in [5.41, 5.74) is 3.79. The highest BCUT2D eigenvalue weighted by Gasteiger charge is 2.50. The largest absolute Gasteiger partial charge is 0.393 e. The Morgan fingerprint density at radius 1 is 1.27 bits per heavy atom. The molecule has 2 nitrogen and oxygen atoms in total. The number of aliphatic hydroxyl groups excluding tert-OH is 2. The Hall–Kier alpha value is -1.12. The van der Waals surface area contributed by atoms with Crippen LogP contribution >= 0.6 is 0 Å². The molecule has 3 fully saturated rings. The first-order valence-electron chi connectivity index (χ1n) is 10.4. The van der Waals surface area contributed by atoms with Crippen molar-refractivity contribution < 1.29 is 10.2 Å². The van der Waals surface area contributed by atoms with E-state index in [2.05, 4.69) is 45.2 Å². The highest BCUT2D eigenvalue weighted by atomic mass is 16.3. The zero-order valence-electron chi connectivity index (χ0n) is 16.6. The molecule has 0 aromatic rings. The van der Waals surface area contributed by atoms with E-state index in [4.69, 9.17) is 0 Å². The van der Waals surface area contributed by atoms with Crippen molar-refractivity contribution in [3.63, 3.8) is 0 Å². The SMILES string of the molecule is C=CC[C@@H](C)[C@H]1CC[C@H]2/C(=C/C=C3\C[C@@H](O)C[C@H](O)C3=C)CCC[C@]12C. The molecular weight excluding hydrogens is 320 g/mol. The molecule has 0 unspecified atom stereocenters. The number of rotatable bonds is 4. The summed E-state index contributed by atoms with van der Waals surface area (Å²) in [6.07, 6.45) is 14.0. The highest BCUT2D eigenvalue weighted by Crippen LogP contribution is 2.59. The Morgan fingerprint density at radius 3 is 2.77 bits per heavy atom. The Labute approximate surface area is 159 Å². The van der Waals surface area contributed by atoms with Gasteiger partial charge in [0.1, 0.15) is 0 Å². The quantitative estimate of drug-likeness (QED) is 0.668. The third-order valence-corrected chi connectivity index (χ3v) is 7.53. The van der Waals surface area contributed by atoms with Gasteiger partial charge in [-0.3, -0.25) is 0 Å². The second-order valence-electron chi connectivity index (χ2n) is 9.17. The van der Waals surface area contributed by atoms with Crippen LogP contribution in [0.15, 0.2) is 48.1 Å². The molecule has 6 atom stereocenters. The molecule has 0 heterocycles. The first kappa shape index (κ1) is 19.6. The summed E-state index contributed by atoms with van der Waals surface area (Å²) in [6, 6.07) is 0. The molecule has 0 spiro atoms. The van der Waals surface area contributed by atoms with Crippen LogP contribution in [0.3, 0.4) is 0 Å². The van der Waals surface area contributed by atoms with Gasteiger partial charge in [-0.15, -0.1) is 6.58 Å². The fourth-order valence-electron chi connectivity index (χ4n) is 6.11. The predicted octanol–water partition coefficient (Wildman–Crippen LogP) is 5.34. The topological polar surface area (TPSA) is 40.5 Å². The molecule has 26 heavy (non-hydrogen) atoms. The molecule has 0 aromatic carbocycles. The van der Waals surface area contributed by atoms with Gasteiger partial charge in [-0.1, -0.05) is 44.2 Å². The van der Waals surface area contributed by atoms with Crippen molar-refractivity contribution >= 4 is 0 Å². The van der Waals surface area contributed by atoms with Crippen molar-refractivity contribution in [3.8, 4) is 0 Å². The first-order chi connectivity index (χ1) is 12.4. The standard InChI is InChI=1S/C24H36O2/c1-5-7-16(2)21-11-12-22-18(8-6-13-24(21,22)4)9-10-19-14-20(25)15-23(26)17(19)3/h5,9-10,16,20-23,25-26H,1,3,6-8,11-15H2,2,4H3/b18-9+,19-10+/t16-,20-,21-,22+,23+,24-/m1/s1. The van der Waals surface area contributed by atoms with E-state index in [1.807, 2.05) is 0 Å². The summed E-state index contributed by atoms with van der Waals surface area (Å²) >= 11 is 0. The molecule has 3 aliphatic carbocycles. The van der Waals surface area contributed by atoms with E-state index in [0.29, 0.717) is 30.1 Å². The number of hydrogen-bond acceptors (Lipinski definition) is 2. The average Bonchev–Trinajstić information content (AvgIpc) is 2.94. The molecule has 3 aliphatic rings. The van der Waals surface area contributed by atoms with Crippen molar-refractivity contribution in [2.24, 2.45) is 23.2 Å². The third-order valence-electron chi connectivity index (χ3n) is 7.53. The number of aliphatic hydroxyl groups is 2. The van der Waals surface area contributed by atoms with Crippen LogP contribution in [0.1, 0.15) is 65.2 Å². The zero-order valence-corrected chi connectivity index (χ0v) is 16.6. The minimum Gasteiger partial charge on any atom is -0.393 e. The number of fused-ring (bicyclic) bond motifs is 1. The van der Waals surface area contributed by atoms with Gasteiger partial charge in [0, 0.05) is 6.42 Å². The molecule has 2 N–H and O–H groups in total. The van der Waals surface area contributed by atoms with Crippen LogP contribution in [0.5, 0.6) is 0 Å². The maximum Gasteiger partial charge on any atom is 0.0811 e. The van der Waals surface area contributed by atoms with Gasteiger partial charge in [0.2, 0.25) is 0 Å².